The van der Waals surface area contributed by atoms with Gasteiger partial charge in [0, 0.05) is 23.7 Å². The number of likely N-dealkylation sites (N-methyl/N-ethyl adjacent to an activating group) is 1. The van der Waals surface area contributed by atoms with Gasteiger partial charge in [0.2, 0.25) is 0 Å². The van der Waals surface area contributed by atoms with Gasteiger partial charge in [0.1, 0.15) is 11.7 Å². The van der Waals surface area contributed by atoms with Crippen LogP contribution in [0.3, 0.4) is 0 Å². The summed E-state index contributed by atoms with van der Waals surface area (Å²) in [7, 11) is 3.31. The number of hydrogen-bond acceptors (Lipinski definition) is 7. The lowest BCUT2D eigenvalue weighted by Crippen LogP contribution is -2.69. The molecule has 2 aromatic rings. The van der Waals surface area contributed by atoms with E-state index in [2.05, 4.69) is 15.4 Å². The average molecular weight is 576 g/mol. The third-order valence-corrected chi connectivity index (χ3v) is 6.90. The first-order valence-corrected chi connectivity index (χ1v) is 11.7. The van der Waals surface area contributed by atoms with Gasteiger partial charge < -0.3 is 20.2 Å². The van der Waals surface area contributed by atoms with Crippen LogP contribution in [-0.2, 0) is 7.05 Å². The van der Waals surface area contributed by atoms with Crippen molar-refractivity contribution in [3.8, 4) is 0 Å². The number of amides is 1. The van der Waals surface area contributed by atoms with E-state index in [-0.39, 0.29) is 42.2 Å². The molecule has 0 radical (unpaired) electrons. The monoisotopic (exact) mass is 576 g/mol. The molecule has 2 N–H and O–H groups in total. The molecule has 176 valence electrons. The third-order valence-electron chi connectivity index (χ3n) is 6.23. The number of aromatic nitrogens is 2. The summed E-state index contributed by atoms with van der Waals surface area (Å²) in [4.78, 5) is 33.5. The van der Waals surface area contributed by atoms with E-state index in [4.69, 9.17) is 0 Å². The van der Waals surface area contributed by atoms with Gasteiger partial charge in [-0.05, 0) is 40.8 Å². The van der Waals surface area contributed by atoms with E-state index in [1.54, 1.807) is 6.07 Å². The first-order chi connectivity index (χ1) is 16.2. The largest absolute Gasteiger partial charge is 0.378 e. The number of allylic oxidation sites excluding steroid dienone is 2. The molecule has 0 saturated carbocycles. The van der Waals surface area contributed by atoms with Gasteiger partial charge >= 0.3 is 0 Å². The highest BCUT2D eigenvalue weighted by Gasteiger charge is 2.53. The Balaban J connectivity index is 1.38. The highest BCUT2D eigenvalue weighted by Crippen LogP contribution is 2.33. The number of hydrogen-bond donors (Lipinski definition) is 2. The van der Waals surface area contributed by atoms with Gasteiger partial charge in [-0.25, -0.2) is 9.07 Å². The van der Waals surface area contributed by atoms with Crippen LogP contribution in [0, 0.1) is 9.39 Å². The van der Waals surface area contributed by atoms with Crippen molar-refractivity contribution in [1.29, 1.82) is 0 Å². The Morgan fingerprint density at radius 3 is 2.65 bits per heavy atom. The highest BCUT2D eigenvalue weighted by molar-refractivity contribution is 14.1. The van der Waals surface area contributed by atoms with Crippen LogP contribution in [0.5, 0.6) is 0 Å². The van der Waals surface area contributed by atoms with Crippen LogP contribution in [0.15, 0.2) is 58.4 Å². The molecule has 1 amide bonds. The van der Waals surface area contributed by atoms with Crippen molar-refractivity contribution in [2.75, 3.05) is 25.5 Å². The van der Waals surface area contributed by atoms with Gasteiger partial charge in [0.25, 0.3) is 11.5 Å². The number of amidine groups is 1. The molecule has 3 heterocycles. The molecule has 2 unspecified atom stereocenters. The minimum Gasteiger partial charge on any atom is -0.378 e. The predicted octanol–water partition coefficient (Wildman–Crippen LogP) is 1.66. The van der Waals surface area contributed by atoms with Gasteiger partial charge in [0.15, 0.2) is 11.3 Å². The van der Waals surface area contributed by atoms with Crippen LogP contribution in [-0.4, -0.2) is 74.3 Å². The van der Waals surface area contributed by atoms with E-state index in [0.29, 0.717) is 9.41 Å². The second-order valence-electron chi connectivity index (χ2n) is 8.63. The normalized spacial score (nSPS) is 22.3. The number of likely N-dealkylation sites (tertiary alicyclic amines) is 1. The number of halogens is 2. The summed E-state index contributed by atoms with van der Waals surface area (Å²) in [5.74, 6) is -0.459. The number of aliphatic imine (C=N–C) groups is 1. The SMILES string of the molecule is CN1C(C2(O)CN(C(=O)c3nn(C)c(=O)cc3Nc3ccc(I)cc3F)C2)=NC2C=CC=CC21. The van der Waals surface area contributed by atoms with Crippen molar-refractivity contribution >= 4 is 45.7 Å². The molecular weight excluding hydrogens is 554 g/mol. The van der Waals surface area contributed by atoms with Crippen LogP contribution in [0.1, 0.15) is 10.5 Å². The molecular formula is C23H22FIN6O3. The molecule has 34 heavy (non-hydrogen) atoms. The number of β-amino-alcohol motifs (C(OH)–C–C–N with tert-alkyl or cyclic N) is 1. The first kappa shape index (κ1) is 22.7. The molecule has 1 aromatic carbocycles. The fourth-order valence-corrected chi connectivity index (χ4v) is 4.88. The maximum absolute atomic E-state index is 14.4. The van der Waals surface area contributed by atoms with Crippen LogP contribution < -0.4 is 10.9 Å². The zero-order valence-corrected chi connectivity index (χ0v) is 20.6. The number of fused-ring (bicyclic) bond motifs is 1. The topological polar surface area (TPSA) is 103 Å². The Labute approximate surface area is 208 Å². The summed E-state index contributed by atoms with van der Waals surface area (Å²) in [6, 6.07) is 5.76. The van der Waals surface area contributed by atoms with E-state index in [9.17, 15) is 19.1 Å². The van der Waals surface area contributed by atoms with E-state index >= 15 is 0 Å². The van der Waals surface area contributed by atoms with Crippen molar-refractivity contribution in [1.82, 2.24) is 19.6 Å². The van der Waals surface area contributed by atoms with Crippen molar-refractivity contribution in [2.24, 2.45) is 12.0 Å². The lowest BCUT2D eigenvalue weighted by atomic mass is 9.91. The number of carbonyl (C=O) groups excluding carboxylic acids is 1. The molecule has 3 aliphatic rings. The molecule has 9 nitrogen and oxygen atoms in total. The molecule has 2 atom stereocenters. The number of aliphatic hydroxyl groups is 1. The second-order valence-corrected chi connectivity index (χ2v) is 9.87. The molecule has 1 saturated heterocycles. The van der Waals surface area contributed by atoms with Crippen LogP contribution in [0.2, 0.25) is 0 Å². The van der Waals surface area contributed by atoms with Crippen LogP contribution >= 0.6 is 22.6 Å². The zero-order chi connectivity index (χ0) is 24.2. The summed E-state index contributed by atoms with van der Waals surface area (Å²) >= 11 is 1.99. The van der Waals surface area contributed by atoms with Gasteiger partial charge in [-0.1, -0.05) is 24.3 Å². The lowest BCUT2D eigenvalue weighted by molar-refractivity contribution is -0.0377. The Hall–Kier alpha value is -3.06. The van der Waals surface area contributed by atoms with E-state index < -0.39 is 22.9 Å². The quantitative estimate of drug-likeness (QED) is 0.538. The molecule has 0 spiro atoms. The van der Waals surface area contributed by atoms with Crippen molar-refractivity contribution in [3.05, 3.63) is 74.0 Å². The smallest absolute Gasteiger partial charge is 0.276 e. The molecule has 2 aliphatic heterocycles. The summed E-state index contributed by atoms with van der Waals surface area (Å²) in [5, 5.41) is 18.2. The van der Waals surface area contributed by atoms with Crippen LogP contribution in [0.4, 0.5) is 15.8 Å². The molecule has 5 rings (SSSR count). The van der Waals surface area contributed by atoms with E-state index in [0.717, 1.165) is 4.68 Å². The maximum atomic E-state index is 14.4. The fraction of sp³-hybridized carbons (Fsp3) is 0.304. The Kier molecular flexibility index (Phi) is 5.55. The van der Waals surface area contributed by atoms with Crippen molar-refractivity contribution in [2.45, 2.75) is 17.7 Å². The number of nitrogens with zero attached hydrogens (tertiary/aromatic N) is 5. The van der Waals surface area contributed by atoms with Gasteiger partial charge in [-0.2, -0.15) is 5.10 Å². The van der Waals surface area contributed by atoms with E-state index in [1.165, 1.54) is 30.1 Å². The Morgan fingerprint density at radius 2 is 1.94 bits per heavy atom. The van der Waals surface area contributed by atoms with Crippen LogP contribution in [0.25, 0.3) is 0 Å². The second kappa shape index (κ2) is 8.31. The van der Waals surface area contributed by atoms with Gasteiger partial charge in [-0.15, -0.1) is 0 Å². The Bertz CT molecular complexity index is 1330. The number of carbonyl (C=O) groups is 1. The Morgan fingerprint density at radius 1 is 1.21 bits per heavy atom. The minimum absolute atomic E-state index is 0.0315. The molecule has 1 aromatic heterocycles. The first-order valence-electron chi connectivity index (χ1n) is 10.6. The average Bonchev–Trinajstić information content (AvgIpc) is 3.12. The third kappa shape index (κ3) is 3.82. The molecule has 0 bridgehead atoms. The zero-order valence-electron chi connectivity index (χ0n) is 18.4. The predicted molar refractivity (Wildman–Crippen MR) is 134 cm³/mol. The lowest BCUT2D eigenvalue weighted by Gasteiger charge is -2.47. The molecule has 11 heteroatoms. The summed E-state index contributed by atoms with van der Waals surface area (Å²) in [5.41, 5.74) is -1.55. The summed E-state index contributed by atoms with van der Waals surface area (Å²) in [6.07, 6.45) is 7.89. The summed E-state index contributed by atoms with van der Waals surface area (Å²) in [6.45, 7) is 0.0630. The molecule has 1 aliphatic carbocycles. The van der Waals surface area contributed by atoms with Crippen molar-refractivity contribution in [3.63, 3.8) is 0 Å². The van der Waals surface area contributed by atoms with Crippen molar-refractivity contribution < 1.29 is 14.3 Å². The number of anilines is 2. The highest BCUT2D eigenvalue weighted by atomic mass is 127. The van der Waals surface area contributed by atoms with Gasteiger partial charge in [-0.3, -0.25) is 14.6 Å². The van der Waals surface area contributed by atoms with Gasteiger partial charge in [0.05, 0.1) is 36.5 Å². The number of rotatable bonds is 4. The number of aryl methyl sites for hydroxylation is 1. The molecule has 1 fully saturated rings. The standard InChI is InChI=1S/C23H22FIN6O3/c1-29-18-6-4-3-5-16(18)27-22(29)23(34)11-31(12-23)21(33)20-17(10-19(32)30(2)28-20)26-15-8-7-13(25)9-14(15)24/h3-10,16,18,26,34H,11-12H2,1-2H3. The van der Waals surface area contributed by atoms with E-state index in [1.807, 2.05) is 58.8 Å². The fourth-order valence-electron chi connectivity index (χ4n) is 4.43. The number of benzene rings is 1. The maximum Gasteiger partial charge on any atom is 0.276 e. The minimum atomic E-state index is -1.28. The number of nitrogens with one attached hydrogen (secondary N) is 1. The summed E-state index contributed by atoms with van der Waals surface area (Å²) < 4.78 is 16.2.